The van der Waals surface area contributed by atoms with E-state index in [0.29, 0.717) is 12.1 Å². The molecule has 3 nitrogen and oxygen atoms in total. The lowest BCUT2D eigenvalue weighted by molar-refractivity contribution is 0.0706. The second-order valence-electron chi connectivity index (χ2n) is 4.41. The quantitative estimate of drug-likeness (QED) is 0.866. The number of amides is 1. The zero-order chi connectivity index (χ0) is 12.4. The van der Waals surface area contributed by atoms with E-state index in [2.05, 4.69) is 0 Å². The number of hydrogen-bond acceptors (Lipinski definition) is 2. The van der Waals surface area contributed by atoms with Gasteiger partial charge in [0.25, 0.3) is 5.91 Å². The first-order valence-corrected chi connectivity index (χ1v) is 5.81. The molecule has 0 aromatic heterocycles. The van der Waals surface area contributed by atoms with Crippen LogP contribution in [0.2, 0.25) is 0 Å². The number of benzene rings is 1. The minimum Gasteiger partial charge on any atom is -0.395 e. The number of hydrogen-bond donors (Lipinski definition) is 1. The fraction of sp³-hybridized carbons (Fsp3) is 0.462. The smallest absolute Gasteiger partial charge is 0.254 e. The molecule has 1 aliphatic rings. The standard InChI is InChI=1S/C13H16FNO2/c1-9-2-3-10(14)8-12(9)13(17)15(6-7-16)11-4-5-11/h2-3,8,11,16H,4-7H2,1H3. The number of carbonyl (C=O) groups is 1. The van der Waals surface area contributed by atoms with Crippen LogP contribution in [0.1, 0.15) is 28.8 Å². The van der Waals surface area contributed by atoms with Crippen molar-refractivity contribution < 1.29 is 14.3 Å². The third-order valence-electron chi connectivity index (χ3n) is 3.02. The summed E-state index contributed by atoms with van der Waals surface area (Å²) < 4.78 is 13.2. The summed E-state index contributed by atoms with van der Waals surface area (Å²) >= 11 is 0. The van der Waals surface area contributed by atoms with Gasteiger partial charge >= 0.3 is 0 Å². The fourth-order valence-corrected chi connectivity index (χ4v) is 1.92. The van der Waals surface area contributed by atoms with Crippen molar-refractivity contribution in [2.45, 2.75) is 25.8 Å². The zero-order valence-electron chi connectivity index (χ0n) is 9.82. The first-order chi connectivity index (χ1) is 8.13. The lowest BCUT2D eigenvalue weighted by atomic mass is 10.1. The normalized spacial score (nSPS) is 14.8. The predicted molar refractivity (Wildman–Crippen MR) is 62.3 cm³/mol. The van der Waals surface area contributed by atoms with Crippen LogP contribution in [0.3, 0.4) is 0 Å². The van der Waals surface area contributed by atoms with Gasteiger partial charge < -0.3 is 10.0 Å². The van der Waals surface area contributed by atoms with Crippen molar-refractivity contribution in [2.24, 2.45) is 0 Å². The SMILES string of the molecule is Cc1ccc(F)cc1C(=O)N(CCO)C1CC1. The van der Waals surface area contributed by atoms with Gasteiger partial charge in [-0.3, -0.25) is 4.79 Å². The highest BCUT2D eigenvalue weighted by atomic mass is 19.1. The van der Waals surface area contributed by atoms with Crippen LogP contribution in [0.25, 0.3) is 0 Å². The van der Waals surface area contributed by atoms with E-state index in [1.165, 1.54) is 12.1 Å². The van der Waals surface area contributed by atoms with E-state index in [1.807, 2.05) is 0 Å². The van der Waals surface area contributed by atoms with E-state index in [4.69, 9.17) is 5.11 Å². The van der Waals surface area contributed by atoms with Crippen molar-refractivity contribution in [1.82, 2.24) is 4.90 Å². The Kier molecular flexibility index (Phi) is 3.43. The maximum absolute atomic E-state index is 13.2. The Morgan fingerprint density at radius 2 is 2.24 bits per heavy atom. The molecule has 0 aliphatic heterocycles. The minimum atomic E-state index is -0.404. The highest BCUT2D eigenvalue weighted by Crippen LogP contribution is 2.28. The minimum absolute atomic E-state index is 0.0589. The number of rotatable bonds is 4. The first kappa shape index (κ1) is 12.0. The average Bonchev–Trinajstić information content (AvgIpc) is 3.12. The summed E-state index contributed by atoms with van der Waals surface area (Å²) in [6.07, 6.45) is 1.94. The molecule has 4 heteroatoms. The Bertz CT molecular complexity index is 429. The Labute approximate surface area is 99.9 Å². The zero-order valence-corrected chi connectivity index (χ0v) is 9.82. The molecule has 1 aromatic carbocycles. The molecule has 0 unspecified atom stereocenters. The van der Waals surface area contributed by atoms with Crippen LogP contribution in [0, 0.1) is 12.7 Å². The van der Waals surface area contributed by atoms with Crippen molar-refractivity contribution in [2.75, 3.05) is 13.2 Å². The summed E-state index contributed by atoms with van der Waals surface area (Å²) in [7, 11) is 0. The van der Waals surface area contributed by atoms with Crippen LogP contribution in [-0.4, -0.2) is 35.1 Å². The van der Waals surface area contributed by atoms with E-state index < -0.39 is 5.82 Å². The number of carbonyl (C=O) groups excluding carboxylic acids is 1. The Balaban J connectivity index is 2.24. The number of nitrogens with zero attached hydrogens (tertiary/aromatic N) is 1. The van der Waals surface area contributed by atoms with Gasteiger partial charge in [0, 0.05) is 18.2 Å². The van der Waals surface area contributed by atoms with Gasteiger partial charge in [-0.25, -0.2) is 4.39 Å². The Morgan fingerprint density at radius 3 is 2.82 bits per heavy atom. The molecule has 0 radical (unpaired) electrons. The van der Waals surface area contributed by atoms with Crippen molar-refractivity contribution in [3.8, 4) is 0 Å². The van der Waals surface area contributed by atoms with Crippen molar-refractivity contribution >= 4 is 5.91 Å². The Hall–Kier alpha value is -1.42. The summed E-state index contributed by atoms with van der Waals surface area (Å²) in [5, 5.41) is 8.97. The molecule has 0 spiro atoms. The van der Waals surface area contributed by atoms with Crippen LogP contribution in [0.5, 0.6) is 0 Å². The van der Waals surface area contributed by atoms with Gasteiger partial charge in [-0.05, 0) is 37.5 Å². The van der Waals surface area contributed by atoms with Crippen molar-refractivity contribution in [3.05, 3.63) is 35.1 Å². The van der Waals surface area contributed by atoms with Crippen LogP contribution in [-0.2, 0) is 0 Å². The summed E-state index contributed by atoms with van der Waals surface area (Å²) in [5.41, 5.74) is 1.16. The van der Waals surface area contributed by atoms with E-state index >= 15 is 0 Å². The van der Waals surface area contributed by atoms with Gasteiger partial charge in [-0.2, -0.15) is 0 Å². The van der Waals surface area contributed by atoms with E-state index in [1.54, 1.807) is 17.9 Å². The lowest BCUT2D eigenvalue weighted by Crippen LogP contribution is -2.35. The molecule has 1 aliphatic carbocycles. The molecule has 2 rings (SSSR count). The highest BCUT2D eigenvalue weighted by Gasteiger charge is 2.33. The van der Waals surface area contributed by atoms with Crippen LogP contribution in [0.4, 0.5) is 4.39 Å². The van der Waals surface area contributed by atoms with Crippen LogP contribution >= 0.6 is 0 Å². The molecule has 0 saturated heterocycles. The van der Waals surface area contributed by atoms with Crippen molar-refractivity contribution in [1.29, 1.82) is 0 Å². The number of halogens is 1. The van der Waals surface area contributed by atoms with Crippen LogP contribution < -0.4 is 0 Å². The third kappa shape index (κ3) is 2.64. The van der Waals surface area contributed by atoms with Gasteiger partial charge in [-0.15, -0.1) is 0 Å². The van der Waals surface area contributed by atoms with Gasteiger partial charge in [0.1, 0.15) is 5.82 Å². The molecular formula is C13H16FNO2. The molecule has 17 heavy (non-hydrogen) atoms. The molecule has 0 bridgehead atoms. The molecule has 1 N–H and O–H groups in total. The Morgan fingerprint density at radius 1 is 1.53 bits per heavy atom. The molecule has 1 aromatic rings. The van der Waals surface area contributed by atoms with E-state index in [0.717, 1.165) is 18.4 Å². The number of aliphatic hydroxyl groups excluding tert-OH is 1. The molecule has 1 fully saturated rings. The predicted octanol–water partition coefficient (Wildman–Crippen LogP) is 1.73. The largest absolute Gasteiger partial charge is 0.395 e. The van der Waals surface area contributed by atoms with Crippen LogP contribution in [0.15, 0.2) is 18.2 Å². The second kappa shape index (κ2) is 4.84. The molecular weight excluding hydrogens is 221 g/mol. The maximum Gasteiger partial charge on any atom is 0.254 e. The monoisotopic (exact) mass is 237 g/mol. The molecule has 0 atom stereocenters. The molecule has 1 saturated carbocycles. The van der Waals surface area contributed by atoms with Gasteiger partial charge in [0.2, 0.25) is 0 Å². The molecule has 92 valence electrons. The summed E-state index contributed by atoms with van der Waals surface area (Å²) in [5.74, 6) is -0.586. The van der Waals surface area contributed by atoms with Gasteiger partial charge in [0.15, 0.2) is 0 Å². The second-order valence-corrected chi connectivity index (χ2v) is 4.41. The number of aryl methyl sites for hydroxylation is 1. The fourth-order valence-electron chi connectivity index (χ4n) is 1.92. The van der Waals surface area contributed by atoms with E-state index in [9.17, 15) is 9.18 Å². The summed E-state index contributed by atoms with van der Waals surface area (Å²) in [6, 6.07) is 4.44. The summed E-state index contributed by atoms with van der Waals surface area (Å²) in [4.78, 5) is 13.9. The molecule has 1 amide bonds. The van der Waals surface area contributed by atoms with Crippen molar-refractivity contribution in [3.63, 3.8) is 0 Å². The highest BCUT2D eigenvalue weighted by molar-refractivity contribution is 5.96. The maximum atomic E-state index is 13.2. The van der Waals surface area contributed by atoms with Gasteiger partial charge in [-0.1, -0.05) is 6.07 Å². The first-order valence-electron chi connectivity index (χ1n) is 5.81. The lowest BCUT2D eigenvalue weighted by Gasteiger charge is -2.22. The summed E-state index contributed by atoms with van der Waals surface area (Å²) in [6.45, 7) is 2.05. The third-order valence-corrected chi connectivity index (χ3v) is 3.02. The van der Waals surface area contributed by atoms with Gasteiger partial charge in [0.05, 0.1) is 6.61 Å². The number of aliphatic hydroxyl groups is 1. The average molecular weight is 237 g/mol. The molecule has 0 heterocycles. The van der Waals surface area contributed by atoms with E-state index in [-0.39, 0.29) is 18.6 Å². The topological polar surface area (TPSA) is 40.5 Å².